The largest absolute Gasteiger partial charge is 0.351 e. The molecule has 112 valence electrons. The van der Waals surface area contributed by atoms with Gasteiger partial charge in [0, 0.05) is 23.5 Å². The first kappa shape index (κ1) is 15.7. The lowest BCUT2D eigenvalue weighted by Crippen LogP contribution is -2.34. The summed E-state index contributed by atoms with van der Waals surface area (Å²) < 4.78 is 26.1. The van der Waals surface area contributed by atoms with Crippen molar-refractivity contribution in [2.24, 2.45) is 0 Å². The Morgan fingerprint density at radius 2 is 1.86 bits per heavy atom. The highest BCUT2D eigenvalue weighted by atomic mass is 32.2. The predicted octanol–water partition coefficient (Wildman–Crippen LogP) is 1.60. The quantitative estimate of drug-likeness (QED) is 0.812. The van der Waals surface area contributed by atoms with Crippen molar-refractivity contribution in [3.8, 4) is 0 Å². The molecular formula is C14H16N2O3S2. The van der Waals surface area contributed by atoms with Gasteiger partial charge in [-0.2, -0.15) is 0 Å². The lowest BCUT2D eigenvalue weighted by molar-refractivity contribution is 0.0956. The molecule has 2 aromatic rings. The minimum absolute atomic E-state index is 0.0769. The number of nitrogens with one attached hydrogen (secondary N) is 2. The Labute approximate surface area is 128 Å². The molecule has 0 atom stereocenters. The number of thiophene rings is 1. The Bertz CT molecular complexity index is 668. The van der Waals surface area contributed by atoms with Crippen molar-refractivity contribution in [1.29, 1.82) is 0 Å². The first-order valence-corrected chi connectivity index (χ1v) is 8.93. The van der Waals surface area contributed by atoms with Crippen LogP contribution in [0.5, 0.6) is 0 Å². The van der Waals surface area contributed by atoms with Gasteiger partial charge in [0.05, 0.1) is 5.75 Å². The van der Waals surface area contributed by atoms with Crippen molar-refractivity contribution >= 4 is 27.3 Å². The van der Waals surface area contributed by atoms with E-state index in [2.05, 4.69) is 10.0 Å². The van der Waals surface area contributed by atoms with Crippen LogP contribution < -0.4 is 10.0 Å². The molecule has 0 fully saturated rings. The first-order valence-electron chi connectivity index (χ1n) is 6.40. The number of hydrogen-bond donors (Lipinski definition) is 2. The molecule has 7 heteroatoms. The summed E-state index contributed by atoms with van der Waals surface area (Å²) in [7, 11) is -3.39. The normalized spacial score (nSPS) is 11.2. The molecule has 2 N–H and O–H groups in total. The molecular weight excluding hydrogens is 308 g/mol. The van der Waals surface area contributed by atoms with E-state index >= 15 is 0 Å². The van der Waals surface area contributed by atoms with Crippen LogP contribution >= 0.6 is 11.3 Å². The third-order valence-electron chi connectivity index (χ3n) is 2.74. The van der Waals surface area contributed by atoms with Gasteiger partial charge in [0.15, 0.2) is 0 Å². The molecule has 1 amide bonds. The third kappa shape index (κ3) is 5.30. The van der Waals surface area contributed by atoms with Crippen LogP contribution in [0.4, 0.5) is 0 Å². The van der Waals surface area contributed by atoms with Crippen LogP contribution in [0.2, 0.25) is 0 Å². The number of sulfonamides is 1. The van der Waals surface area contributed by atoms with Crippen molar-refractivity contribution < 1.29 is 13.2 Å². The van der Waals surface area contributed by atoms with Crippen LogP contribution in [0.1, 0.15) is 15.2 Å². The van der Waals surface area contributed by atoms with E-state index in [9.17, 15) is 13.2 Å². The number of carbonyl (C=O) groups is 1. The molecule has 5 nitrogen and oxygen atoms in total. The zero-order chi connectivity index (χ0) is 15.1. The Hall–Kier alpha value is -1.70. The molecule has 0 radical (unpaired) electrons. The highest BCUT2D eigenvalue weighted by molar-refractivity contribution is 7.89. The summed E-state index contributed by atoms with van der Waals surface area (Å²) in [6, 6.07) is 12.4. The van der Waals surface area contributed by atoms with Gasteiger partial charge < -0.3 is 5.32 Å². The van der Waals surface area contributed by atoms with Crippen molar-refractivity contribution in [2.45, 2.75) is 6.54 Å². The van der Waals surface area contributed by atoms with Crippen molar-refractivity contribution in [1.82, 2.24) is 10.0 Å². The van der Waals surface area contributed by atoms with Gasteiger partial charge in [0.25, 0.3) is 5.91 Å². The lowest BCUT2D eigenvalue weighted by Gasteiger charge is -2.07. The number of carbonyl (C=O) groups excluding carboxylic acids is 1. The number of hydrogen-bond acceptors (Lipinski definition) is 4. The molecule has 0 spiro atoms. The second kappa shape index (κ2) is 7.35. The summed E-state index contributed by atoms with van der Waals surface area (Å²) in [5.74, 6) is -0.416. The van der Waals surface area contributed by atoms with E-state index in [1.54, 1.807) is 24.3 Å². The Morgan fingerprint density at radius 1 is 1.10 bits per heavy atom. The van der Waals surface area contributed by atoms with Gasteiger partial charge >= 0.3 is 0 Å². The standard InChI is InChI=1S/C14H16N2O3S2/c17-14(12-5-2-1-3-6-12)15-8-10-21(18,19)16-11-13-7-4-9-20-13/h1-7,9,16H,8,10-11H2,(H,15,17). The average molecular weight is 324 g/mol. The second-order valence-corrected chi connectivity index (χ2v) is 7.30. The summed E-state index contributed by atoms with van der Waals surface area (Å²) in [6.07, 6.45) is 0. The van der Waals surface area contributed by atoms with Crippen LogP contribution in [-0.4, -0.2) is 26.6 Å². The van der Waals surface area contributed by atoms with Gasteiger partial charge in [-0.15, -0.1) is 11.3 Å². The van der Waals surface area contributed by atoms with Crippen LogP contribution in [0.3, 0.4) is 0 Å². The van der Waals surface area contributed by atoms with Gasteiger partial charge in [0.2, 0.25) is 10.0 Å². The van der Waals surface area contributed by atoms with Crippen molar-refractivity contribution in [3.05, 3.63) is 58.3 Å². The SMILES string of the molecule is O=C(NCCS(=O)(=O)NCc1cccs1)c1ccccc1. The maximum Gasteiger partial charge on any atom is 0.251 e. The summed E-state index contributed by atoms with van der Waals surface area (Å²) in [4.78, 5) is 12.7. The van der Waals surface area contributed by atoms with E-state index in [-0.39, 0.29) is 24.7 Å². The number of amides is 1. The van der Waals surface area contributed by atoms with Gasteiger partial charge in [0.1, 0.15) is 0 Å². The smallest absolute Gasteiger partial charge is 0.251 e. The molecule has 0 aliphatic carbocycles. The Morgan fingerprint density at radius 3 is 2.52 bits per heavy atom. The molecule has 0 bridgehead atoms. The zero-order valence-corrected chi connectivity index (χ0v) is 12.9. The maximum absolute atomic E-state index is 11.8. The van der Waals surface area contributed by atoms with E-state index in [1.807, 2.05) is 23.6 Å². The van der Waals surface area contributed by atoms with Gasteiger partial charge in [-0.25, -0.2) is 13.1 Å². The monoisotopic (exact) mass is 324 g/mol. The molecule has 21 heavy (non-hydrogen) atoms. The minimum atomic E-state index is -3.39. The second-order valence-electron chi connectivity index (χ2n) is 4.34. The molecule has 0 aliphatic heterocycles. The Balaban J connectivity index is 1.75. The molecule has 1 aromatic heterocycles. The molecule has 0 aliphatic rings. The van der Waals surface area contributed by atoms with Crippen LogP contribution in [0.25, 0.3) is 0 Å². The topological polar surface area (TPSA) is 75.3 Å². The minimum Gasteiger partial charge on any atom is -0.351 e. The number of rotatable bonds is 7. The summed E-state index contributed by atoms with van der Waals surface area (Å²) >= 11 is 1.49. The molecule has 0 saturated carbocycles. The number of benzene rings is 1. The third-order valence-corrected chi connectivity index (χ3v) is 4.94. The molecule has 0 unspecified atom stereocenters. The first-order chi connectivity index (χ1) is 10.1. The highest BCUT2D eigenvalue weighted by Gasteiger charge is 2.11. The van der Waals surface area contributed by atoms with E-state index in [0.717, 1.165) is 4.88 Å². The van der Waals surface area contributed by atoms with Gasteiger partial charge in [-0.1, -0.05) is 24.3 Å². The maximum atomic E-state index is 11.8. The highest BCUT2D eigenvalue weighted by Crippen LogP contribution is 2.07. The Kier molecular flexibility index (Phi) is 5.49. The van der Waals surface area contributed by atoms with E-state index < -0.39 is 10.0 Å². The van der Waals surface area contributed by atoms with Crippen LogP contribution in [0.15, 0.2) is 47.8 Å². The van der Waals surface area contributed by atoms with Gasteiger partial charge in [-0.3, -0.25) is 4.79 Å². The summed E-state index contributed by atoms with van der Waals surface area (Å²) in [6.45, 7) is 0.361. The lowest BCUT2D eigenvalue weighted by atomic mass is 10.2. The van der Waals surface area contributed by atoms with Crippen molar-refractivity contribution in [3.63, 3.8) is 0 Å². The fraction of sp³-hybridized carbons (Fsp3) is 0.214. The van der Waals surface area contributed by atoms with E-state index in [4.69, 9.17) is 0 Å². The summed E-state index contributed by atoms with van der Waals surface area (Å²) in [5.41, 5.74) is 0.515. The van der Waals surface area contributed by atoms with E-state index in [1.165, 1.54) is 11.3 Å². The van der Waals surface area contributed by atoms with E-state index in [0.29, 0.717) is 5.56 Å². The van der Waals surface area contributed by atoms with Gasteiger partial charge in [-0.05, 0) is 23.6 Å². The fourth-order valence-corrected chi connectivity index (χ4v) is 3.28. The average Bonchev–Trinajstić information content (AvgIpc) is 2.99. The molecule has 1 aromatic carbocycles. The van der Waals surface area contributed by atoms with Crippen molar-refractivity contribution in [2.75, 3.05) is 12.3 Å². The van der Waals surface area contributed by atoms with Crippen LogP contribution in [0, 0.1) is 0 Å². The molecule has 1 heterocycles. The molecule has 2 rings (SSSR count). The summed E-state index contributed by atoms with van der Waals surface area (Å²) in [5, 5.41) is 4.49. The van der Waals surface area contributed by atoms with Crippen LogP contribution in [-0.2, 0) is 16.6 Å². The fourth-order valence-electron chi connectivity index (χ4n) is 1.66. The predicted molar refractivity (Wildman–Crippen MR) is 83.7 cm³/mol. The zero-order valence-electron chi connectivity index (χ0n) is 11.3. The molecule has 0 saturated heterocycles.